The smallest absolute Gasteiger partial charge is 0.150 e. The molecule has 0 bridgehead atoms. The predicted octanol–water partition coefficient (Wildman–Crippen LogP) is 3.50. The van der Waals surface area contributed by atoms with Crippen LogP contribution < -0.4 is 0 Å². The van der Waals surface area contributed by atoms with Gasteiger partial charge in [-0.25, -0.2) is 9.67 Å². The number of rotatable bonds is 1. The van der Waals surface area contributed by atoms with E-state index in [-0.39, 0.29) is 6.23 Å². The molecule has 2 aromatic heterocycles. The summed E-state index contributed by atoms with van der Waals surface area (Å²) in [7, 11) is 0. The zero-order valence-electron chi connectivity index (χ0n) is 9.07. The van der Waals surface area contributed by atoms with Gasteiger partial charge in [-0.2, -0.15) is 5.10 Å². The fourth-order valence-corrected chi connectivity index (χ4v) is 3.10. The van der Waals surface area contributed by atoms with Gasteiger partial charge in [-0.1, -0.05) is 0 Å². The molecule has 90 valence electrons. The fraction of sp³-hybridized carbons (Fsp3) is 0.455. The van der Waals surface area contributed by atoms with E-state index in [0.717, 1.165) is 38.7 Å². The van der Waals surface area contributed by atoms with Gasteiger partial charge < -0.3 is 4.74 Å². The first kappa shape index (κ1) is 11.9. The van der Waals surface area contributed by atoms with Crippen LogP contribution >= 0.6 is 38.5 Å². The van der Waals surface area contributed by atoms with Crippen LogP contribution in [0.2, 0.25) is 0 Å². The van der Waals surface area contributed by atoms with Gasteiger partial charge in [0, 0.05) is 12.0 Å². The Morgan fingerprint density at radius 2 is 2.35 bits per heavy atom. The molecule has 1 saturated heterocycles. The van der Waals surface area contributed by atoms with Crippen LogP contribution in [0, 0.1) is 3.70 Å². The molecule has 0 unspecified atom stereocenters. The van der Waals surface area contributed by atoms with Crippen molar-refractivity contribution in [3.8, 4) is 0 Å². The van der Waals surface area contributed by atoms with Crippen LogP contribution in [0.5, 0.6) is 0 Å². The van der Waals surface area contributed by atoms with Gasteiger partial charge in [0.05, 0.1) is 11.7 Å². The molecule has 6 heteroatoms. The highest BCUT2D eigenvalue weighted by atomic mass is 127. The van der Waals surface area contributed by atoms with Crippen LogP contribution in [0.25, 0.3) is 10.9 Å². The normalized spacial score (nSPS) is 20.9. The molecule has 1 aliphatic rings. The molecule has 0 aliphatic carbocycles. The van der Waals surface area contributed by atoms with Crippen LogP contribution in [-0.4, -0.2) is 21.4 Å². The monoisotopic (exact) mass is 407 g/mol. The Kier molecular flexibility index (Phi) is 3.36. The van der Waals surface area contributed by atoms with Gasteiger partial charge >= 0.3 is 0 Å². The SMILES string of the molecule is Brc1cc2c(I)nn([C@@H]3CCCCO3)c2cn1. The van der Waals surface area contributed by atoms with E-state index >= 15 is 0 Å². The summed E-state index contributed by atoms with van der Waals surface area (Å²) in [6, 6.07) is 2.00. The second kappa shape index (κ2) is 4.81. The highest BCUT2D eigenvalue weighted by Crippen LogP contribution is 2.29. The number of hydrogen-bond acceptors (Lipinski definition) is 3. The Morgan fingerprint density at radius 1 is 1.47 bits per heavy atom. The summed E-state index contributed by atoms with van der Waals surface area (Å²) in [5.41, 5.74) is 1.05. The minimum atomic E-state index is 0.0674. The lowest BCUT2D eigenvalue weighted by Crippen LogP contribution is -2.19. The molecule has 3 heterocycles. The molecule has 1 aliphatic heterocycles. The van der Waals surface area contributed by atoms with Crippen LogP contribution in [0.3, 0.4) is 0 Å². The van der Waals surface area contributed by atoms with Crippen molar-refractivity contribution in [2.45, 2.75) is 25.5 Å². The Morgan fingerprint density at radius 3 is 3.12 bits per heavy atom. The summed E-state index contributed by atoms with van der Waals surface area (Å²) in [6.07, 6.45) is 5.30. The van der Waals surface area contributed by atoms with Crippen molar-refractivity contribution in [1.82, 2.24) is 14.8 Å². The molecule has 0 saturated carbocycles. The number of halogens is 2. The molecule has 1 atom stereocenters. The van der Waals surface area contributed by atoms with Crippen LogP contribution in [0.1, 0.15) is 25.5 Å². The first-order valence-electron chi connectivity index (χ1n) is 5.56. The van der Waals surface area contributed by atoms with Crippen molar-refractivity contribution in [3.63, 3.8) is 0 Å². The maximum Gasteiger partial charge on any atom is 0.150 e. The summed E-state index contributed by atoms with van der Waals surface area (Å²) in [5.74, 6) is 0. The standard InChI is InChI=1S/C11H11BrIN3O/c12-9-5-7-8(6-14-9)16(15-11(7)13)10-3-1-2-4-17-10/h5-6,10H,1-4H2/t10-/m0/s1. The molecule has 0 aromatic carbocycles. The molecule has 17 heavy (non-hydrogen) atoms. The van der Waals surface area contributed by atoms with Crippen LogP contribution in [-0.2, 0) is 4.74 Å². The van der Waals surface area contributed by atoms with Gasteiger partial charge in [0.25, 0.3) is 0 Å². The van der Waals surface area contributed by atoms with E-state index in [1.807, 2.05) is 16.9 Å². The van der Waals surface area contributed by atoms with Crippen molar-refractivity contribution < 1.29 is 4.74 Å². The molecular formula is C11H11BrIN3O. The highest BCUT2D eigenvalue weighted by molar-refractivity contribution is 14.1. The molecule has 1 fully saturated rings. The summed E-state index contributed by atoms with van der Waals surface area (Å²) < 4.78 is 9.58. The Bertz CT molecular complexity index is 551. The molecule has 4 nitrogen and oxygen atoms in total. The van der Waals surface area contributed by atoms with Crippen LogP contribution in [0.15, 0.2) is 16.9 Å². The number of fused-ring (bicyclic) bond motifs is 1. The number of hydrogen-bond donors (Lipinski definition) is 0. The van der Waals surface area contributed by atoms with E-state index in [9.17, 15) is 0 Å². The maximum atomic E-state index is 5.77. The first-order chi connectivity index (χ1) is 8.25. The van der Waals surface area contributed by atoms with Gasteiger partial charge in [0.2, 0.25) is 0 Å². The van der Waals surface area contributed by atoms with Gasteiger partial charge in [-0.15, -0.1) is 0 Å². The summed E-state index contributed by atoms with van der Waals surface area (Å²) >= 11 is 5.64. The summed E-state index contributed by atoms with van der Waals surface area (Å²) in [6.45, 7) is 0.826. The Hall–Kier alpha value is -0.210. The van der Waals surface area contributed by atoms with Crippen molar-refractivity contribution in [2.24, 2.45) is 0 Å². The second-order valence-electron chi connectivity index (χ2n) is 4.08. The maximum absolute atomic E-state index is 5.77. The number of nitrogens with zero attached hydrogens (tertiary/aromatic N) is 3. The number of pyridine rings is 1. The molecular weight excluding hydrogens is 397 g/mol. The third-order valence-corrected chi connectivity index (χ3v) is 4.17. The van der Waals surface area contributed by atoms with Crippen molar-refractivity contribution in [3.05, 3.63) is 20.6 Å². The van der Waals surface area contributed by atoms with Crippen LogP contribution in [0.4, 0.5) is 0 Å². The molecule has 0 N–H and O–H groups in total. The van der Waals surface area contributed by atoms with E-state index in [1.54, 1.807) is 0 Å². The van der Waals surface area contributed by atoms with E-state index < -0.39 is 0 Å². The van der Waals surface area contributed by atoms with Gasteiger partial charge in [-0.05, 0) is 63.8 Å². The van der Waals surface area contributed by atoms with E-state index in [4.69, 9.17) is 4.74 Å². The zero-order chi connectivity index (χ0) is 11.8. The molecule has 2 aromatic rings. The van der Waals surface area contributed by atoms with Gasteiger partial charge in [0.1, 0.15) is 8.30 Å². The van der Waals surface area contributed by atoms with E-state index in [0.29, 0.717) is 0 Å². The average Bonchev–Trinajstić information content (AvgIpc) is 2.68. The quantitative estimate of drug-likeness (QED) is 0.536. The van der Waals surface area contributed by atoms with E-state index in [1.165, 1.54) is 6.42 Å². The number of ether oxygens (including phenoxy) is 1. The van der Waals surface area contributed by atoms with Gasteiger partial charge in [0.15, 0.2) is 6.23 Å². The van der Waals surface area contributed by atoms with Crippen molar-refractivity contribution >= 4 is 49.4 Å². The second-order valence-corrected chi connectivity index (χ2v) is 5.92. The third-order valence-electron chi connectivity index (χ3n) is 2.94. The summed E-state index contributed by atoms with van der Waals surface area (Å²) in [4.78, 5) is 4.27. The molecule has 3 rings (SSSR count). The summed E-state index contributed by atoms with van der Waals surface area (Å²) in [5, 5.41) is 5.70. The fourth-order valence-electron chi connectivity index (χ4n) is 2.11. The molecule has 0 spiro atoms. The Balaban J connectivity index is 2.10. The first-order valence-corrected chi connectivity index (χ1v) is 7.44. The lowest BCUT2D eigenvalue weighted by atomic mass is 10.2. The largest absolute Gasteiger partial charge is 0.356 e. The third kappa shape index (κ3) is 2.22. The lowest BCUT2D eigenvalue weighted by Gasteiger charge is -2.23. The van der Waals surface area contributed by atoms with E-state index in [2.05, 4.69) is 48.6 Å². The van der Waals surface area contributed by atoms with Gasteiger partial charge in [-0.3, -0.25) is 0 Å². The average molecular weight is 408 g/mol. The Labute approximate surface area is 121 Å². The zero-order valence-corrected chi connectivity index (χ0v) is 12.8. The number of aromatic nitrogens is 3. The lowest BCUT2D eigenvalue weighted by molar-refractivity contribution is -0.0369. The van der Waals surface area contributed by atoms with Crippen molar-refractivity contribution in [1.29, 1.82) is 0 Å². The molecule has 0 radical (unpaired) electrons. The highest BCUT2D eigenvalue weighted by Gasteiger charge is 2.20. The minimum absolute atomic E-state index is 0.0674. The van der Waals surface area contributed by atoms with Crippen molar-refractivity contribution in [2.75, 3.05) is 6.61 Å². The topological polar surface area (TPSA) is 39.9 Å². The minimum Gasteiger partial charge on any atom is -0.356 e. The molecule has 0 amide bonds. The predicted molar refractivity (Wildman–Crippen MR) is 76.8 cm³/mol.